The number of carbonyl (C=O) groups excluding carboxylic acids is 1. The maximum atomic E-state index is 12.0. The van der Waals surface area contributed by atoms with Gasteiger partial charge in [0.2, 0.25) is 0 Å². The van der Waals surface area contributed by atoms with Crippen LogP contribution in [0.1, 0.15) is 45.6 Å². The summed E-state index contributed by atoms with van der Waals surface area (Å²) in [5.74, 6) is 0.406. The average molecular weight is 303 g/mol. The van der Waals surface area contributed by atoms with E-state index in [1.165, 1.54) is 5.56 Å². The van der Waals surface area contributed by atoms with E-state index in [0.29, 0.717) is 12.5 Å². The number of carbonyl (C=O) groups is 1. The summed E-state index contributed by atoms with van der Waals surface area (Å²) >= 11 is 0. The summed E-state index contributed by atoms with van der Waals surface area (Å²) in [6.45, 7) is 10.6. The molecule has 0 radical (unpaired) electrons. The largest absolute Gasteiger partial charge is 0.450 e. The Balaban J connectivity index is 2.47. The van der Waals surface area contributed by atoms with Crippen molar-refractivity contribution >= 4 is 6.09 Å². The highest BCUT2D eigenvalue weighted by Crippen LogP contribution is 2.14. The van der Waals surface area contributed by atoms with E-state index in [-0.39, 0.29) is 12.1 Å². The van der Waals surface area contributed by atoms with Crippen LogP contribution in [-0.4, -0.2) is 18.7 Å². The van der Waals surface area contributed by atoms with Gasteiger partial charge in [-0.3, -0.25) is 0 Å². The Labute approximate surface area is 134 Å². The Morgan fingerprint density at radius 2 is 2.00 bits per heavy atom. The minimum absolute atomic E-state index is 0.0982. The van der Waals surface area contributed by atoms with Crippen LogP contribution in [0.3, 0.4) is 0 Å². The normalized spacial score (nSPS) is 13.2. The number of hydrogen-bond acceptors (Lipinski definition) is 2. The first kappa shape index (κ1) is 18.3. The molecule has 1 unspecified atom stereocenters. The lowest BCUT2D eigenvalue weighted by molar-refractivity contribution is 0.137. The summed E-state index contributed by atoms with van der Waals surface area (Å²) in [5, 5.41) is 3.02. The molecule has 1 N–H and O–H groups in total. The van der Waals surface area contributed by atoms with Gasteiger partial charge in [0.15, 0.2) is 0 Å². The van der Waals surface area contributed by atoms with Gasteiger partial charge in [-0.25, -0.2) is 4.79 Å². The van der Waals surface area contributed by atoms with Crippen LogP contribution in [0.4, 0.5) is 4.79 Å². The smallest absolute Gasteiger partial charge is 0.407 e. The zero-order chi connectivity index (χ0) is 16.4. The van der Waals surface area contributed by atoms with E-state index in [2.05, 4.69) is 37.9 Å². The molecular weight excluding hydrogens is 274 g/mol. The van der Waals surface area contributed by atoms with Gasteiger partial charge in [-0.1, -0.05) is 56.2 Å². The molecule has 0 saturated carbocycles. The molecule has 0 saturated heterocycles. The van der Waals surface area contributed by atoms with E-state index >= 15 is 0 Å². The maximum absolute atomic E-state index is 12.0. The van der Waals surface area contributed by atoms with E-state index in [1.807, 2.05) is 25.1 Å². The first-order valence-corrected chi connectivity index (χ1v) is 8.14. The molecule has 0 aromatic heterocycles. The minimum atomic E-state index is -0.317. The quantitative estimate of drug-likeness (QED) is 0.529. The Kier molecular flexibility index (Phi) is 8.34. The molecule has 1 aromatic carbocycles. The zero-order valence-electron chi connectivity index (χ0n) is 14.1. The average Bonchev–Trinajstić information content (AvgIpc) is 2.51. The molecule has 1 aromatic rings. The third-order valence-electron chi connectivity index (χ3n) is 3.91. The third kappa shape index (κ3) is 7.30. The fraction of sp³-hybridized carbons (Fsp3) is 0.526. The molecule has 0 spiro atoms. The van der Waals surface area contributed by atoms with Gasteiger partial charge in [0.05, 0.1) is 6.61 Å². The Hall–Kier alpha value is -1.77. The lowest BCUT2D eigenvalue weighted by Gasteiger charge is -2.24. The topological polar surface area (TPSA) is 38.3 Å². The predicted octanol–water partition coefficient (Wildman–Crippen LogP) is 4.73. The second kappa shape index (κ2) is 10.0. The maximum Gasteiger partial charge on any atom is 0.407 e. The van der Waals surface area contributed by atoms with E-state index in [0.717, 1.165) is 31.3 Å². The van der Waals surface area contributed by atoms with Crippen molar-refractivity contribution in [2.75, 3.05) is 6.61 Å². The molecule has 2 atom stereocenters. The first-order chi connectivity index (χ1) is 10.5. The summed E-state index contributed by atoms with van der Waals surface area (Å²) in [4.78, 5) is 12.0. The van der Waals surface area contributed by atoms with Gasteiger partial charge in [0.1, 0.15) is 0 Å². The van der Waals surface area contributed by atoms with Crippen molar-refractivity contribution in [1.82, 2.24) is 5.32 Å². The van der Waals surface area contributed by atoms with Gasteiger partial charge < -0.3 is 10.1 Å². The molecule has 122 valence electrons. The molecule has 0 fully saturated rings. The van der Waals surface area contributed by atoms with Crippen LogP contribution in [0, 0.1) is 5.92 Å². The number of alkyl carbamates (subject to hydrolysis) is 1. The van der Waals surface area contributed by atoms with Crippen molar-refractivity contribution in [2.45, 2.75) is 52.5 Å². The molecule has 3 nitrogen and oxygen atoms in total. The molecule has 1 rings (SSSR count). The second-order valence-electron chi connectivity index (χ2n) is 6.02. The van der Waals surface area contributed by atoms with Gasteiger partial charge >= 0.3 is 6.09 Å². The van der Waals surface area contributed by atoms with Crippen LogP contribution >= 0.6 is 0 Å². The Morgan fingerprint density at radius 3 is 2.59 bits per heavy atom. The number of ether oxygens (including phenoxy) is 1. The van der Waals surface area contributed by atoms with E-state index in [1.54, 1.807) is 0 Å². The second-order valence-corrected chi connectivity index (χ2v) is 6.02. The van der Waals surface area contributed by atoms with Crippen molar-refractivity contribution in [2.24, 2.45) is 5.92 Å². The highest BCUT2D eigenvalue weighted by molar-refractivity contribution is 5.67. The summed E-state index contributed by atoms with van der Waals surface area (Å²) in [6, 6.07) is 10.3. The lowest BCUT2D eigenvalue weighted by atomic mass is 9.93. The fourth-order valence-corrected chi connectivity index (χ4v) is 2.28. The predicted molar refractivity (Wildman–Crippen MR) is 91.9 cm³/mol. The van der Waals surface area contributed by atoms with Crippen LogP contribution < -0.4 is 5.32 Å². The molecule has 0 aliphatic heterocycles. The number of rotatable bonds is 9. The van der Waals surface area contributed by atoms with Crippen LogP contribution in [0.5, 0.6) is 0 Å². The van der Waals surface area contributed by atoms with Crippen LogP contribution in [0.25, 0.3) is 0 Å². The zero-order valence-corrected chi connectivity index (χ0v) is 14.1. The first-order valence-electron chi connectivity index (χ1n) is 8.14. The van der Waals surface area contributed by atoms with Crippen molar-refractivity contribution in [3.05, 3.63) is 48.0 Å². The molecule has 22 heavy (non-hydrogen) atoms. The SMILES string of the molecule is C=C(C)CCCOC(=O)NC(Cc1ccccc1)[C@H](C)CC. The molecular formula is C19H29NO2. The van der Waals surface area contributed by atoms with Crippen molar-refractivity contribution in [3.63, 3.8) is 0 Å². The number of nitrogens with one attached hydrogen (secondary N) is 1. The van der Waals surface area contributed by atoms with Crippen molar-refractivity contribution in [3.8, 4) is 0 Å². The monoisotopic (exact) mass is 303 g/mol. The number of amides is 1. The van der Waals surface area contributed by atoms with Gasteiger partial charge in [-0.05, 0) is 37.7 Å². The summed E-state index contributed by atoms with van der Waals surface area (Å²) in [6.07, 6.45) is 3.26. The van der Waals surface area contributed by atoms with Gasteiger partial charge in [0, 0.05) is 6.04 Å². The lowest BCUT2D eigenvalue weighted by Crippen LogP contribution is -2.41. The van der Waals surface area contributed by atoms with Crippen molar-refractivity contribution < 1.29 is 9.53 Å². The standard InChI is InChI=1S/C19H29NO2/c1-5-16(4)18(14-17-11-7-6-8-12-17)20-19(21)22-13-9-10-15(2)3/h6-8,11-12,16,18H,2,5,9-10,13-14H2,1,3-4H3,(H,20,21)/t16-,18?/m1/s1. The summed E-state index contributed by atoms with van der Waals surface area (Å²) < 4.78 is 5.26. The third-order valence-corrected chi connectivity index (χ3v) is 3.91. The molecule has 1 amide bonds. The Bertz CT molecular complexity index is 456. The molecule has 0 aliphatic carbocycles. The number of benzene rings is 1. The molecule has 0 aliphatic rings. The van der Waals surface area contributed by atoms with Gasteiger partial charge in [0.25, 0.3) is 0 Å². The van der Waals surface area contributed by atoms with Crippen molar-refractivity contribution in [1.29, 1.82) is 0 Å². The highest BCUT2D eigenvalue weighted by Gasteiger charge is 2.19. The molecule has 3 heteroatoms. The summed E-state index contributed by atoms with van der Waals surface area (Å²) in [5.41, 5.74) is 2.35. The fourth-order valence-electron chi connectivity index (χ4n) is 2.28. The molecule has 0 bridgehead atoms. The minimum Gasteiger partial charge on any atom is -0.450 e. The molecule has 0 heterocycles. The van der Waals surface area contributed by atoms with E-state index in [9.17, 15) is 4.79 Å². The van der Waals surface area contributed by atoms with Gasteiger partial charge in [-0.15, -0.1) is 6.58 Å². The van der Waals surface area contributed by atoms with Crippen LogP contribution in [-0.2, 0) is 11.2 Å². The highest BCUT2D eigenvalue weighted by atomic mass is 16.5. The Morgan fingerprint density at radius 1 is 1.32 bits per heavy atom. The van der Waals surface area contributed by atoms with Crippen LogP contribution in [0.15, 0.2) is 42.5 Å². The van der Waals surface area contributed by atoms with Gasteiger partial charge in [-0.2, -0.15) is 0 Å². The number of allylic oxidation sites excluding steroid dienone is 1. The summed E-state index contributed by atoms with van der Waals surface area (Å²) in [7, 11) is 0. The van der Waals surface area contributed by atoms with E-state index < -0.39 is 0 Å². The number of hydrogen-bond donors (Lipinski definition) is 1. The van der Waals surface area contributed by atoms with E-state index in [4.69, 9.17) is 4.74 Å². The van der Waals surface area contributed by atoms with Crippen LogP contribution in [0.2, 0.25) is 0 Å².